The average Bonchev–Trinajstić information content (AvgIpc) is 3.21. The van der Waals surface area contributed by atoms with Crippen LogP contribution in [0.2, 0.25) is 10.0 Å². The molecule has 1 aliphatic rings. The summed E-state index contributed by atoms with van der Waals surface area (Å²) in [6, 6.07) is 6.91. The first kappa shape index (κ1) is 21.3. The topological polar surface area (TPSA) is 116 Å². The summed E-state index contributed by atoms with van der Waals surface area (Å²) in [5, 5.41) is 8.30. The number of rotatable bonds is 6. The number of hydrogen-bond donors (Lipinski definition) is 4. The highest BCUT2D eigenvalue weighted by molar-refractivity contribution is 6.35. The second kappa shape index (κ2) is 9.03. The van der Waals surface area contributed by atoms with Gasteiger partial charge >= 0.3 is 0 Å². The Morgan fingerprint density at radius 2 is 2.03 bits per heavy atom. The minimum atomic E-state index is -0.550. The van der Waals surface area contributed by atoms with Crippen molar-refractivity contribution in [3.8, 4) is 0 Å². The number of anilines is 2. The highest BCUT2D eigenvalue weighted by Crippen LogP contribution is 2.28. The maximum atomic E-state index is 12.8. The van der Waals surface area contributed by atoms with E-state index in [1.807, 2.05) is 6.07 Å². The number of aromatic amines is 1. The van der Waals surface area contributed by atoms with Crippen molar-refractivity contribution in [3.05, 3.63) is 52.3 Å². The number of likely N-dealkylation sites (tertiary alicyclic amines) is 1. The summed E-state index contributed by atoms with van der Waals surface area (Å²) in [5.74, 6) is -0.578. The zero-order chi connectivity index (χ0) is 22.0. The molecule has 0 radical (unpaired) electrons. The smallest absolute Gasteiger partial charge is 0.252 e. The van der Waals surface area contributed by atoms with Crippen molar-refractivity contribution in [1.29, 1.82) is 0 Å². The highest BCUT2D eigenvalue weighted by Gasteiger charge is 2.25. The van der Waals surface area contributed by atoms with Gasteiger partial charge in [0.05, 0.1) is 17.8 Å². The molecular weight excluding hydrogens is 439 g/mol. The Labute approximate surface area is 189 Å². The minimum Gasteiger partial charge on any atom is -0.379 e. The Morgan fingerprint density at radius 1 is 1.26 bits per heavy atom. The Morgan fingerprint density at radius 3 is 2.77 bits per heavy atom. The van der Waals surface area contributed by atoms with Gasteiger partial charge in [-0.1, -0.05) is 23.2 Å². The molecule has 1 unspecified atom stereocenters. The van der Waals surface area contributed by atoms with Gasteiger partial charge < -0.3 is 26.3 Å². The molecule has 3 aromatic rings. The maximum absolute atomic E-state index is 12.8. The monoisotopic (exact) mass is 460 g/mol. The summed E-state index contributed by atoms with van der Waals surface area (Å²) < 4.78 is 0. The Hall–Kier alpha value is -2.97. The van der Waals surface area contributed by atoms with Crippen LogP contribution in [0.5, 0.6) is 0 Å². The number of amides is 2. The van der Waals surface area contributed by atoms with E-state index in [2.05, 4.69) is 20.6 Å². The van der Waals surface area contributed by atoms with Crippen molar-refractivity contribution in [1.82, 2.24) is 14.9 Å². The summed E-state index contributed by atoms with van der Waals surface area (Å²) in [6.45, 7) is 1.32. The number of primary amides is 1. The van der Waals surface area contributed by atoms with Gasteiger partial charge in [-0.2, -0.15) is 0 Å². The van der Waals surface area contributed by atoms with E-state index in [1.54, 1.807) is 29.3 Å². The molecule has 0 bridgehead atoms. The van der Waals surface area contributed by atoms with Crippen molar-refractivity contribution >= 4 is 57.4 Å². The second-order valence-electron chi connectivity index (χ2n) is 7.49. The lowest BCUT2D eigenvalue weighted by Crippen LogP contribution is -2.47. The van der Waals surface area contributed by atoms with Crippen LogP contribution in [0.25, 0.3) is 11.0 Å². The van der Waals surface area contributed by atoms with Gasteiger partial charge in [0.2, 0.25) is 5.91 Å². The molecule has 5 N–H and O–H groups in total. The molecule has 0 aliphatic carbocycles. The van der Waals surface area contributed by atoms with Crippen LogP contribution in [-0.4, -0.2) is 52.4 Å². The molecule has 1 saturated heterocycles. The zero-order valence-electron chi connectivity index (χ0n) is 16.6. The largest absolute Gasteiger partial charge is 0.379 e. The van der Waals surface area contributed by atoms with Crippen molar-refractivity contribution in [2.75, 3.05) is 30.3 Å². The Kier molecular flexibility index (Phi) is 6.20. The van der Waals surface area contributed by atoms with E-state index in [1.165, 1.54) is 6.20 Å². The number of nitrogens with two attached hydrogens (primary N) is 1. The number of fused-ring (bicyclic) bond motifs is 1. The SMILES string of the molecule is NC(=O)c1cnc2[nH]ccc2c1NC1CCCN(C(=O)CNc2cc(Cl)cc(Cl)c2)C1. The van der Waals surface area contributed by atoms with Crippen LogP contribution in [-0.2, 0) is 4.79 Å². The Bertz CT molecular complexity index is 1110. The molecule has 3 heterocycles. The van der Waals surface area contributed by atoms with Crippen LogP contribution >= 0.6 is 23.2 Å². The summed E-state index contributed by atoms with van der Waals surface area (Å²) >= 11 is 12.0. The molecule has 1 atom stereocenters. The van der Waals surface area contributed by atoms with Gasteiger partial charge in [0.25, 0.3) is 5.91 Å². The quantitative estimate of drug-likeness (QED) is 0.449. The third kappa shape index (κ3) is 4.86. The molecule has 0 spiro atoms. The summed E-state index contributed by atoms with van der Waals surface area (Å²) in [7, 11) is 0. The lowest BCUT2D eigenvalue weighted by Gasteiger charge is -2.34. The van der Waals surface area contributed by atoms with Gasteiger partial charge in [-0.05, 0) is 37.1 Å². The standard InChI is InChI=1S/C21H22Cl2N6O2/c22-12-6-13(23)8-15(7-12)26-10-18(30)29-5-1-2-14(11-29)28-19-16-3-4-25-21(16)27-9-17(19)20(24)31/h3-4,6-9,14,26H,1-2,5,10-11H2,(H2,24,31)(H2,25,27,28). The Balaban J connectivity index is 1.44. The molecule has 1 fully saturated rings. The van der Waals surface area contributed by atoms with Crippen molar-refractivity contribution in [2.24, 2.45) is 5.73 Å². The van der Waals surface area contributed by atoms with E-state index in [-0.39, 0.29) is 18.5 Å². The number of hydrogen-bond acceptors (Lipinski definition) is 5. The van der Waals surface area contributed by atoms with Gasteiger partial charge in [0.1, 0.15) is 5.65 Å². The third-order valence-corrected chi connectivity index (χ3v) is 5.72. The summed E-state index contributed by atoms with van der Waals surface area (Å²) in [5.41, 5.74) is 7.88. The molecule has 1 aromatic carbocycles. The van der Waals surface area contributed by atoms with Crippen LogP contribution in [0.3, 0.4) is 0 Å². The van der Waals surface area contributed by atoms with Gasteiger partial charge in [-0.3, -0.25) is 9.59 Å². The minimum absolute atomic E-state index is 0.0167. The maximum Gasteiger partial charge on any atom is 0.252 e. The number of benzene rings is 1. The fourth-order valence-corrected chi connectivity index (χ4v) is 4.35. The van der Waals surface area contributed by atoms with Crippen molar-refractivity contribution in [3.63, 3.8) is 0 Å². The molecule has 4 rings (SSSR count). The molecule has 162 valence electrons. The van der Waals surface area contributed by atoms with Crippen molar-refractivity contribution in [2.45, 2.75) is 18.9 Å². The van der Waals surface area contributed by atoms with E-state index in [0.29, 0.717) is 45.7 Å². The van der Waals surface area contributed by atoms with E-state index >= 15 is 0 Å². The summed E-state index contributed by atoms with van der Waals surface area (Å²) in [4.78, 5) is 33.8. The van der Waals surface area contributed by atoms with Crippen LogP contribution in [0.15, 0.2) is 36.7 Å². The van der Waals surface area contributed by atoms with E-state index in [9.17, 15) is 9.59 Å². The molecule has 8 nitrogen and oxygen atoms in total. The van der Waals surface area contributed by atoms with Crippen molar-refractivity contribution < 1.29 is 9.59 Å². The van der Waals surface area contributed by atoms with Gasteiger partial charge in [-0.25, -0.2) is 4.98 Å². The van der Waals surface area contributed by atoms with Crippen LogP contribution in [0.1, 0.15) is 23.2 Å². The predicted octanol–water partition coefficient (Wildman–Crippen LogP) is 3.48. The average molecular weight is 461 g/mol. The number of H-pyrrole nitrogens is 1. The molecule has 2 amide bonds. The van der Waals surface area contributed by atoms with Gasteiger partial charge in [0, 0.05) is 52.6 Å². The molecule has 31 heavy (non-hydrogen) atoms. The third-order valence-electron chi connectivity index (χ3n) is 5.28. The molecule has 2 aromatic heterocycles. The molecule has 0 saturated carbocycles. The highest BCUT2D eigenvalue weighted by atomic mass is 35.5. The number of piperidine rings is 1. The lowest BCUT2D eigenvalue weighted by molar-refractivity contribution is -0.130. The predicted molar refractivity (Wildman–Crippen MR) is 123 cm³/mol. The van der Waals surface area contributed by atoms with E-state index < -0.39 is 5.91 Å². The first-order valence-electron chi connectivity index (χ1n) is 9.91. The lowest BCUT2D eigenvalue weighted by atomic mass is 10.0. The molecular formula is C21H22Cl2N6O2. The van der Waals surface area contributed by atoms with Gasteiger partial charge in [-0.15, -0.1) is 0 Å². The number of nitrogens with one attached hydrogen (secondary N) is 3. The molecule has 1 aliphatic heterocycles. The fourth-order valence-electron chi connectivity index (χ4n) is 3.82. The number of carbonyl (C=O) groups excluding carboxylic acids is 2. The second-order valence-corrected chi connectivity index (χ2v) is 8.36. The number of carbonyl (C=O) groups is 2. The fraction of sp³-hybridized carbons (Fsp3) is 0.286. The van der Waals surface area contributed by atoms with Crippen LogP contribution in [0, 0.1) is 0 Å². The van der Waals surface area contributed by atoms with Crippen LogP contribution < -0.4 is 16.4 Å². The molecule has 10 heteroatoms. The first-order chi connectivity index (χ1) is 14.9. The zero-order valence-corrected chi connectivity index (χ0v) is 18.1. The van der Waals surface area contributed by atoms with E-state index in [4.69, 9.17) is 28.9 Å². The number of aromatic nitrogens is 2. The van der Waals surface area contributed by atoms with Gasteiger partial charge in [0.15, 0.2) is 0 Å². The van der Waals surface area contributed by atoms with Crippen LogP contribution in [0.4, 0.5) is 11.4 Å². The number of nitrogens with zero attached hydrogens (tertiary/aromatic N) is 2. The summed E-state index contributed by atoms with van der Waals surface area (Å²) in [6.07, 6.45) is 4.95. The van der Waals surface area contributed by atoms with E-state index in [0.717, 1.165) is 18.2 Å². The number of pyridine rings is 1. The number of halogens is 2. The normalized spacial score (nSPS) is 16.3. The first-order valence-corrected chi connectivity index (χ1v) is 10.7.